The number of anilines is 2. The van der Waals surface area contributed by atoms with Crippen LogP contribution >= 0.6 is 11.3 Å². The zero-order valence-corrected chi connectivity index (χ0v) is 8.26. The van der Waals surface area contributed by atoms with E-state index < -0.39 is 0 Å². The summed E-state index contributed by atoms with van der Waals surface area (Å²) in [5, 5.41) is 3.15. The number of nitrogens with two attached hydrogens (primary N) is 1. The minimum absolute atomic E-state index is 0.142. The van der Waals surface area contributed by atoms with Gasteiger partial charge in [0.2, 0.25) is 5.91 Å². The maximum Gasteiger partial charge on any atom is 0.223 e. The molecule has 72 valence electrons. The second kappa shape index (κ2) is 3.22. The Morgan fingerprint density at radius 2 is 2.29 bits per heavy atom. The summed E-state index contributed by atoms with van der Waals surface area (Å²) in [6.07, 6.45) is 0. The summed E-state index contributed by atoms with van der Waals surface area (Å²) in [6.45, 7) is 1.44. The SMILES string of the molecule is CC(=O)Nc1nc2ccc(N)nc2s1. The van der Waals surface area contributed by atoms with E-state index in [-0.39, 0.29) is 5.91 Å². The Morgan fingerprint density at radius 3 is 3.00 bits per heavy atom. The first-order valence-electron chi connectivity index (χ1n) is 3.96. The third kappa shape index (κ3) is 1.64. The number of pyridine rings is 1. The average molecular weight is 208 g/mol. The van der Waals surface area contributed by atoms with E-state index in [0.717, 1.165) is 10.3 Å². The first-order chi connectivity index (χ1) is 6.65. The third-order valence-electron chi connectivity index (χ3n) is 1.56. The van der Waals surface area contributed by atoms with Gasteiger partial charge in [0, 0.05) is 6.92 Å². The van der Waals surface area contributed by atoms with Crippen molar-refractivity contribution in [3.63, 3.8) is 0 Å². The number of nitrogens with zero attached hydrogens (tertiary/aromatic N) is 2. The predicted octanol–water partition coefficient (Wildman–Crippen LogP) is 1.23. The number of hydrogen-bond acceptors (Lipinski definition) is 5. The smallest absolute Gasteiger partial charge is 0.223 e. The Kier molecular flexibility index (Phi) is 2.05. The molecule has 0 saturated heterocycles. The molecule has 0 atom stereocenters. The van der Waals surface area contributed by atoms with Crippen LogP contribution in [0.5, 0.6) is 0 Å². The van der Waals surface area contributed by atoms with Gasteiger partial charge in [-0.2, -0.15) is 0 Å². The van der Waals surface area contributed by atoms with Gasteiger partial charge in [0.15, 0.2) is 5.13 Å². The summed E-state index contributed by atoms with van der Waals surface area (Å²) < 4.78 is 0. The van der Waals surface area contributed by atoms with E-state index in [1.165, 1.54) is 18.3 Å². The van der Waals surface area contributed by atoms with Crippen LogP contribution in [-0.4, -0.2) is 15.9 Å². The predicted molar refractivity (Wildman–Crippen MR) is 56.1 cm³/mol. The first kappa shape index (κ1) is 8.89. The van der Waals surface area contributed by atoms with E-state index in [1.54, 1.807) is 12.1 Å². The molecule has 0 aliphatic carbocycles. The van der Waals surface area contributed by atoms with Crippen molar-refractivity contribution in [2.75, 3.05) is 11.1 Å². The van der Waals surface area contributed by atoms with Gasteiger partial charge < -0.3 is 11.1 Å². The highest BCUT2D eigenvalue weighted by molar-refractivity contribution is 7.21. The van der Waals surface area contributed by atoms with Crippen LogP contribution in [-0.2, 0) is 4.79 Å². The molecule has 2 rings (SSSR count). The highest BCUT2D eigenvalue weighted by Gasteiger charge is 2.05. The summed E-state index contributed by atoms with van der Waals surface area (Å²) >= 11 is 1.31. The van der Waals surface area contributed by atoms with Crippen molar-refractivity contribution >= 4 is 38.5 Å². The second-order valence-corrected chi connectivity index (χ2v) is 3.74. The van der Waals surface area contributed by atoms with Gasteiger partial charge >= 0.3 is 0 Å². The number of hydrogen-bond donors (Lipinski definition) is 2. The molecule has 6 heteroatoms. The summed E-state index contributed by atoms with van der Waals surface area (Å²) in [6, 6.07) is 3.46. The maximum atomic E-state index is 10.8. The van der Waals surface area contributed by atoms with Crippen molar-refractivity contribution in [1.29, 1.82) is 0 Å². The topological polar surface area (TPSA) is 80.9 Å². The molecule has 0 unspecified atom stereocenters. The molecule has 3 N–H and O–H groups in total. The Balaban J connectivity index is 2.46. The molecule has 0 radical (unpaired) electrons. The number of rotatable bonds is 1. The van der Waals surface area contributed by atoms with E-state index in [0.29, 0.717) is 10.9 Å². The van der Waals surface area contributed by atoms with Crippen LogP contribution < -0.4 is 11.1 Å². The average Bonchev–Trinajstić information content (AvgIpc) is 2.44. The molecule has 0 fully saturated rings. The van der Waals surface area contributed by atoms with Crippen LogP contribution in [0.25, 0.3) is 10.3 Å². The largest absolute Gasteiger partial charge is 0.384 e. The van der Waals surface area contributed by atoms with Gasteiger partial charge in [-0.25, -0.2) is 9.97 Å². The molecule has 2 aromatic heterocycles. The van der Waals surface area contributed by atoms with Crippen molar-refractivity contribution in [3.8, 4) is 0 Å². The molecule has 5 nitrogen and oxygen atoms in total. The third-order valence-corrected chi connectivity index (χ3v) is 2.44. The fraction of sp³-hybridized carbons (Fsp3) is 0.125. The number of aromatic nitrogens is 2. The monoisotopic (exact) mass is 208 g/mol. The van der Waals surface area contributed by atoms with Crippen molar-refractivity contribution in [1.82, 2.24) is 9.97 Å². The molecule has 2 aromatic rings. The number of nitrogens with one attached hydrogen (secondary N) is 1. The summed E-state index contributed by atoms with van der Waals surface area (Å²) in [4.78, 5) is 19.7. The maximum absolute atomic E-state index is 10.8. The van der Waals surface area contributed by atoms with Crippen LogP contribution in [0.4, 0.5) is 10.9 Å². The van der Waals surface area contributed by atoms with Gasteiger partial charge in [-0.05, 0) is 12.1 Å². The molecular weight excluding hydrogens is 200 g/mol. The lowest BCUT2D eigenvalue weighted by Crippen LogP contribution is -2.04. The van der Waals surface area contributed by atoms with Crippen LogP contribution in [0.15, 0.2) is 12.1 Å². The van der Waals surface area contributed by atoms with Crippen molar-refractivity contribution in [2.45, 2.75) is 6.92 Å². The lowest BCUT2D eigenvalue weighted by Gasteiger charge is -1.91. The summed E-state index contributed by atoms with van der Waals surface area (Å²) in [5.74, 6) is 0.313. The molecule has 0 aromatic carbocycles. The molecule has 14 heavy (non-hydrogen) atoms. The normalized spacial score (nSPS) is 10.4. The quantitative estimate of drug-likeness (QED) is 0.738. The van der Waals surface area contributed by atoms with E-state index in [2.05, 4.69) is 15.3 Å². The van der Waals surface area contributed by atoms with Crippen LogP contribution in [0.2, 0.25) is 0 Å². The molecular formula is C8H8N4OS. The fourth-order valence-corrected chi connectivity index (χ4v) is 1.93. The van der Waals surface area contributed by atoms with E-state index in [1.807, 2.05) is 0 Å². The molecule has 0 saturated carbocycles. The summed E-state index contributed by atoms with van der Waals surface area (Å²) in [7, 11) is 0. The van der Waals surface area contributed by atoms with Crippen LogP contribution in [0.1, 0.15) is 6.92 Å². The van der Waals surface area contributed by atoms with Crippen molar-refractivity contribution in [3.05, 3.63) is 12.1 Å². The van der Waals surface area contributed by atoms with Crippen LogP contribution in [0.3, 0.4) is 0 Å². The van der Waals surface area contributed by atoms with Crippen LogP contribution in [0, 0.1) is 0 Å². The number of amides is 1. The van der Waals surface area contributed by atoms with Gasteiger partial charge in [-0.3, -0.25) is 4.79 Å². The van der Waals surface area contributed by atoms with E-state index in [4.69, 9.17) is 5.73 Å². The van der Waals surface area contributed by atoms with Gasteiger partial charge in [-0.1, -0.05) is 11.3 Å². The molecule has 2 heterocycles. The van der Waals surface area contributed by atoms with Gasteiger partial charge in [0.25, 0.3) is 0 Å². The molecule has 0 bridgehead atoms. The minimum atomic E-state index is -0.142. The number of nitrogen functional groups attached to an aromatic ring is 1. The van der Waals surface area contributed by atoms with Gasteiger partial charge in [0.05, 0.1) is 0 Å². The number of fused-ring (bicyclic) bond motifs is 1. The minimum Gasteiger partial charge on any atom is -0.384 e. The van der Waals surface area contributed by atoms with E-state index in [9.17, 15) is 4.79 Å². The Labute approximate surface area is 84.0 Å². The zero-order valence-electron chi connectivity index (χ0n) is 7.44. The lowest BCUT2D eigenvalue weighted by atomic mass is 10.4. The number of carbonyl (C=O) groups excluding carboxylic acids is 1. The molecule has 0 spiro atoms. The van der Waals surface area contributed by atoms with Gasteiger partial charge in [-0.15, -0.1) is 0 Å². The second-order valence-electron chi connectivity index (χ2n) is 2.76. The molecule has 1 amide bonds. The number of carbonyl (C=O) groups is 1. The van der Waals surface area contributed by atoms with Gasteiger partial charge in [0.1, 0.15) is 16.2 Å². The first-order valence-corrected chi connectivity index (χ1v) is 4.77. The highest BCUT2D eigenvalue weighted by Crippen LogP contribution is 2.24. The summed E-state index contributed by atoms with van der Waals surface area (Å²) in [5.41, 5.74) is 6.26. The zero-order chi connectivity index (χ0) is 10.1. The molecule has 0 aliphatic rings. The molecule has 0 aliphatic heterocycles. The Bertz CT molecular complexity index is 493. The van der Waals surface area contributed by atoms with E-state index >= 15 is 0 Å². The standard InChI is InChI=1S/C8H8N4OS/c1-4(13)10-8-11-5-2-3-6(9)12-7(5)14-8/h2-3H,1H3,(H2,9,12)(H,10,11,13). The number of thiazole rings is 1. The Hall–Kier alpha value is -1.69. The highest BCUT2D eigenvalue weighted by atomic mass is 32.1. The van der Waals surface area contributed by atoms with Crippen molar-refractivity contribution < 1.29 is 4.79 Å². The van der Waals surface area contributed by atoms with Crippen molar-refractivity contribution in [2.24, 2.45) is 0 Å². The Morgan fingerprint density at radius 1 is 1.50 bits per heavy atom. The fourth-order valence-electron chi connectivity index (χ4n) is 1.04. The lowest BCUT2D eigenvalue weighted by molar-refractivity contribution is -0.114.